The van der Waals surface area contributed by atoms with Crippen LogP contribution in [0.4, 0.5) is 5.69 Å². The van der Waals surface area contributed by atoms with E-state index in [1.165, 1.54) is 7.11 Å². The van der Waals surface area contributed by atoms with Gasteiger partial charge in [-0.1, -0.05) is 40.2 Å². The summed E-state index contributed by atoms with van der Waals surface area (Å²) in [6.45, 7) is 0. The van der Waals surface area contributed by atoms with Gasteiger partial charge in [-0.15, -0.1) is 0 Å². The lowest BCUT2D eigenvalue weighted by Crippen LogP contribution is -2.12. The second-order valence-electron chi connectivity index (χ2n) is 4.30. The molecule has 0 saturated carbocycles. The largest absolute Gasteiger partial charge is 0.465 e. The predicted octanol–water partition coefficient (Wildman–Crippen LogP) is 3.91. The molecule has 0 aliphatic carbocycles. The highest BCUT2D eigenvalue weighted by molar-refractivity contribution is 9.10. The first-order valence-corrected chi connectivity index (χ1v) is 7.04. The van der Waals surface area contributed by atoms with Crippen molar-refractivity contribution < 1.29 is 9.53 Å². The van der Waals surface area contributed by atoms with Crippen LogP contribution in [0, 0.1) is 11.3 Å². The first-order chi connectivity index (χ1) is 10.2. The highest BCUT2D eigenvalue weighted by atomic mass is 79.9. The molecule has 0 radical (unpaired) electrons. The zero-order chi connectivity index (χ0) is 15.2. The number of hydrogen-bond donors (Lipinski definition) is 1. The van der Waals surface area contributed by atoms with Gasteiger partial charge in [0.15, 0.2) is 0 Å². The van der Waals surface area contributed by atoms with Crippen molar-refractivity contribution in [1.82, 2.24) is 0 Å². The molecule has 1 N–H and O–H groups in total. The molecule has 0 spiro atoms. The summed E-state index contributed by atoms with van der Waals surface area (Å²) < 4.78 is 5.69. The molecule has 2 rings (SSSR count). The van der Waals surface area contributed by atoms with Gasteiger partial charge in [0.25, 0.3) is 0 Å². The quantitative estimate of drug-likeness (QED) is 0.854. The molecular formula is C16H13BrN2O2. The minimum absolute atomic E-state index is 0.400. The first-order valence-electron chi connectivity index (χ1n) is 6.24. The molecule has 106 valence electrons. The van der Waals surface area contributed by atoms with Crippen LogP contribution in [0.5, 0.6) is 0 Å². The number of rotatable bonds is 4. The molecule has 4 nitrogen and oxygen atoms in total. The van der Waals surface area contributed by atoms with Gasteiger partial charge in [0.05, 0.1) is 18.7 Å². The smallest absolute Gasteiger partial charge is 0.339 e. The van der Waals surface area contributed by atoms with Gasteiger partial charge in [-0.05, 0) is 29.8 Å². The molecule has 0 bridgehead atoms. The number of carbonyl (C=O) groups excluding carboxylic acids is 1. The molecule has 0 aliphatic rings. The van der Waals surface area contributed by atoms with Crippen molar-refractivity contribution in [2.75, 3.05) is 12.4 Å². The molecule has 0 amide bonds. The van der Waals surface area contributed by atoms with Crippen LogP contribution in [0.1, 0.15) is 22.0 Å². The van der Waals surface area contributed by atoms with E-state index in [1.54, 1.807) is 24.3 Å². The number of esters is 1. The van der Waals surface area contributed by atoms with Gasteiger partial charge >= 0.3 is 5.97 Å². The average molecular weight is 345 g/mol. The average Bonchev–Trinajstić information content (AvgIpc) is 2.53. The zero-order valence-corrected chi connectivity index (χ0v) is 12.9. The number of nitrogens with zero attached hydrogens (tertiary/aromatic N) is 1. The van der Waals surface area contributed by atoms with Gasteiger partial charge in [-0.25, -0.2) is 4.79 Å². The fourth-order valence-corrected chi connectivity index (χ4v) is 2.16. The van der Waals surface area contributed by atoms with Crippen LogP contribution >= 0.6 is 15.9 Å². The van der Waals surface area contributed by atoms with Crippen molar-refractivity contribution >= 4 is 27.6 Å². The second kappa shape index (κ2) is 6.91. The van der Waals surface area contributed by atoms with E-state index >= 15 is 0 Å². The second-order valence-corrected chi connectivity index (χ2v) is 5.21. The number of nitriles is 1. The number of anilines is 1. The van der Waals surface area contributed by atoms with E-state index in [0.29, 0.717) is 11.3 Å². The molecule has 21 heavy (non-hydrogen) atoms. The summed E-state index contributed by atoms with van der Waals surface area (Å²) in [5, 5.41) is 12.4. The van der Waals surface area contributed by atoms with E-state index in [4.69, 9.17) is 4.74 Å². The van der Waals surface area contributed by atoms with E-state index in [9.17, 15) is 10.1 Å². The third kappa shape index (κ3) is 3.61. The Morgan fingerprint density at radius 3 is 2.52 bits per heavy atom. The molecule has 1 atom stereocenters. The van der Waals surface area contributed by atoms with Gasteiger partial charge < -0.3 is 10.1 Å². The van der Waals surface area contributed by atoms with Gasteiger partial charge in [0.2, 0.25) is 0 Å². The molecule has 0 aliphatic heterocycles. The molecular weight excluding hydrogens is 332 g/mol. The third-order valence-electron chi connectivity index (χ3n) is 2.96. The summed E-state index contributed by atoms with van der Waals surface area (Å²) in [4.78, 5) is 11.7. The third-order valence-corrected chi connectivity index (χ3v) is 3.49. The van der Waals surface area contributed by atoms with Crippen molar-refractivity contribution in [3.63, 3.8) is 0 Å². The summed E-state index contributed by atoms with van der Waals surface area (Å²) in [5.41, 5.74) is 1.79. The number of methoxy groups -OCH3 is 1. The standard InChI is InChI=1S/C16H13BrN2O2/c1-21-16(20)13-4-2-3-5-14(13)19-15(10-18)11-6-8-12(17)9-7-11/h2-9,15,19H,1H3. The molecule has 0 saturated heterocycles. The fraction of sp³-hybridized carbons (Fsp3) is 0.125. The highest BCUT2D eigenvalue weighted by Crippen LogP contribution is 2.24. The number of carbonyl (C=O) groups is 1. The molecule has 2 aromatic carbocycles. The number of nitrogens with one attached hydrogen (secondary N) is 1. The van der Waals surface area contributed by atoms with E-state index in [2.05, 4.69) is 27.3 Å². The van der Waals surface area contributed by atoms with E-state index in [-0.39, 0.29) is 0 Å². The summed E-state index contributed by atoms with van der Waals surface area (Å²) >= 11 is 3.36. The maximum atomic E-state index is 11.7. The Hall–Kier alpha value is -2.32. The van der Waals surface area contributed by atoms with Gasteiger partial charge in [-0.2, -0.15) is 5.26 Å². The number of para-hydroxylation sites is 1. The molecule has 0 heterocycles. The minimum Gasteiger partial charge on any atom is -0.465 e. The van der Waals surface area contributed by atoms with Gasteiger partial charge in [0, 0.05) is 10.2 Å². The lowest BCUT2D eigenvalue weighted by molar-refractivity contribution is 0.0602. The van der Waals surface area contributed by atoms with Crippen LogP contribution in [0.2, 0.25) is 0 Å². The lowest BCUT2D eigenvalue weighted by atomic mass is 10.1. The van der Waals surface area contributed by atoms with Crippen LogP contribution < -0.4 is 5.32 Å². The zero-order valence-electron chi connectivity index (χ0n) is 11.3. The Balaban J connectivity index is 2.29. The number of ether oxygens (including phenoxy) is 1. The predicted molar refractivity (Wildman–Crippen MR) is 83.9 cm³/mol. The van der Waals surface area contributed by atoms with Crippen LogP contribution in [-0.4, -0.2) is 13.1 Å². The van der Waals surface area contributed by atoms with Crippen LogP contribution in [0.25, 0.3) is 0 Å². The molecule has 0 aromatic heterocycles. The maximum Gasteiger partial charge on any atom is 0.339 e. The lowest BCUT2D eigenvalue weighted by Gasteiger charge is -2.15. The molecule has 2 aromatic rings. The van der Waals surface area contributed by atoms with Gasteiger partial charge in [0.1, 0.15) is 6.04 Å². The molecule has 5 heteroatoms. The maximum absolute atomic E-state index is 11.7. The van der Waals surface area contributed by atoms with E-state index < -0.39 is 12.0 Å². The summed E-state index contributed by atoms with van der Waals surface area (Å²) in [5.74, 6) is -0.439. The summed E-state index contributed by atoms with van der Waals surface area (Å²) in [6, 6.07) is 16.0. The summed E-state index contributed by atoms with van der Waals surface area (Å²) in [6.07, 6.45) is 0. The fourth-order valence-electron chi connectivity index (χ4n) is 1.90. The van der Waals surface area contributed by atoms with Gasteiger partial charge in [-0.3, -0.25) is 0 Å². The number of hydrogen-bond acceptors (Lipinski definition) is 4. The normalized spacial score (nSPS) is 11.3. The first kappa shape index (κ1) is 15.1. The Morgan fingerprint density at radius 1 is 1.24 bits per heavy atom. The van der Waals surface area contributed by atoms with Crippen molar-refractivity contribution in [3.05, 3.63) is 64.1 Å². The highest BCUT2D eigenvalue weighted by Gasteiger charge is 2.15. The minimum atomic E-state index is -0.552. The van der Waals surface area contributed by atoms with Crippen molar-refractivity contribution in [3.8, 4) is 6.07 Å². The number of halogens is 1. The van der Waals surface area contributed by atoms with Crippen molar-refractivity contribution in [2.24, 2.45) is 0 Å². The molecule has 0 fully saturated rings. The summed E-state index contributed by atoms with van der Waals surface area (Å²) in [7, 11) is 1.33. The SMILES string of the molecule is COC(=O)c1ccccc1NC(C#N)c1ccc(Br)cc1. The van der Waals surface area contributed by atoms with E-state index in [1.807, 2.05) is 24.3 Å². The van der Waals surface area contributed by atoms with Crippen LogP contribution in [0.3, 0.4) is 0 Å². The Morgan fingerprint density at radius 2 is 1.90 bits per heavy atom. The Kier molecular flexibility index (Phi) is 4.96. The Labute approximate surface area is 131 Å². The molecule has 1 unspecified atom stereocenters. The van der Waals surface area contributed by atoms with Crippen LogP contribution in [0.15, 0.2) is 53.0 Å². The van der Waals surface area contributed by atoms with Crippen molar-refractivity contribution in [2.45, 2.75) is 6.04 Å². The van der Waals surface area contributed by atoms with Crippen LogP contribution in [-0.2, 0) is 4.74 Å². The Bertz CT molecular complexity index is 677. The monoisotopic (exact) mass is 344 g/mol. The van der Waals surface area contributed by atoms with E-state index in [0.717, 1.165) is 10.0 Å². The topological polar surface area (TPSA) is 62.1 Å². The number of benzene rings is 2. The van der Waals surface area contributed by atoms with Crippen molar-refractivity contribution in [1.29, 1.82) is 5.26 Å².